The molecule has 2 heterocycles. The van der Waals surface area contributed by atoms with E-state index in [9.17, 15) is 4.79 Å². The highest BCUT2D eigenvalue weighted by Crippen LogP contribution is 2.17. The van der Waals surface area contributed by atoms with Crippen LogP contribution in [-0.4, -0.2) is 22.5 Å². The summed E-state index contributed by atoms with van der Waals surface area (Å²) in [6.07, 6.45) is 8.64. The van der Waals surface area contributed by atoms with E-state index in [1.54, 1.807) is 10.5 Å². The van der Waals surface area contributed by atoms with Crippen LogP contribution in [0.1, 0.15) is 59.1 Å². The molecule has 4 heteroatoms. The van der Waals surface area contributed by atoms with Gasteiger partial charge in [0.25, 0.3) is 5.56 Å². The van der Waals surface area contributed by atoms with Gasteiger partial charge in [0.15, 0.2) is 0 Å². The third-order valence-electron chi connectivity index (χ3n) is 4.37. The first-order valence-electron chi connectivity index (χ1n) is 9.02. The molecule has 0 N–H and O–H groups in total. The molecule has 0 spiro atoms. The van der Waals surface area contributed by atoms with Gasteiger partial charge >= 0.3 is 0 Å². The lowest BCUT2D eigenvalue weighted by atomic mass is 10.2. The highest BCUT2D eigenvalue weighted by atomic mass is 16.1. The van der Waals surface area contributed by atoms with Gasteiger partial charge in [0.2, 0.25) is 0 Å². The van der Waals surface area contributed by atoms with Gasteiger partial charge in [-0.2, -0.15) is 0 Å². The van der Waals surface area contributed by atoms with Crippen molar-refractivity contribution in [3.05, 3.63) is 46.5 Å². The number of nitrogens with zero attached hydrogens (tertiary/aromatic N) is 3. The number of pyridine rings is 1. The molecular formula is C20H29N3O. The van der Waals surface area contributed by atoms with Crippen molar-refractivity contribution in [2.45, 2.75) is 53.4 Å². The van der Waals surface area contributed by atoms with Crippen LogP contribution in [0.25, 0.3) is 11.2 Å². The van der Waals surface area contributed by atoms with Crippen LogP contribution in [0, 0.1) is 0 Å². The van der Waals surface area contributed by atoms with Crippen molar-refractivity contribution in [3.63, 3.8) is 0 Å². The van der Waals surface area contributed by atoms with E-state index in [1.165, 1.54) is 19.3 Å². The largest absolute Gasteiger partial charge is 0.370 e. The molecule has 0 radical (unpaired) electrons. The third kappa shape index (κ3) is 4.25. The molecule has 0 aliphatic carbocycles. The van der Waals surface area contributed by atoms with E-state index in [2.05, 4.69) is 29.8 Å². The first kappa shape index (κ1) is 18.2. The molecule has 0 aromatic carbocycles. The predicted molar refractivity (Wildman–Crippen MR) is 103 cm³/mol. The Morgan fingerprint density at radius 2 is 2.00 bits per heavy atom. The van der Waals surface area contributed by atoms with Crippen molar-refractivity contribution in [1.29, 1.82) is 0 Å². The number of rotatable bonds is 8. The number of anilines is 1. The molecule has 0 saturated heterocycles. The quantitative estimate of drug-likeness (QED) is 0.669. The minimum atomic E-state index is -0.0249. The van der Waals surface area contributed by atoms with E-state index >= 15 is 0 Å². The van der Waals surface area contributed by atoms with Crippen molar-refractivity contribution < 1.29 is 0 Å². The Kier molecular flexibility index (Phi) is 6.59. The SMILES string of the molecule is C/C=C(\C)c1cc(=O)n2cc(N(CCC)CCCCC)ccc2n1. The molecule has 0 amide bonds. The van der Waals surface area contributed by atoms with Crippen LogP contribution in [0.15, 0.2) is 35.3 Å². The second-order valence-corrected chi connectivity index (χ2v) is 6.26. The van der Waals surface area contributed by atoms with E-state index in [-0.39, 0.29) is 5.56 Å². The monoisotopic (exact) mass is 327 g/mol. The lowest BCUT2D eigenvalue weighted by molar-refractivity contribution is 0.667. The molecule has 2 rings (SSSR count). The van der Waals surface area contributed by atoms with E-state index in [0.717, 1.165) is 36.5 Å². The molecule has 0 atom stereocenters. The summed E-state index contributed by atoms with van der Waals surface area (Å²) >= 11 is 0. The lowest BCUT2D eigenvalue weighted by Gasteiger charge is -2.24. The molecule has 0 bridgehead atoms. The number of hydrogen-bond acceptors (Lipinski definition) is 3. The Labute approximate surface area is 144 Å². The summed E-state index contributed by atoms with van der Waals surface area (Å²) in [4.78, 5) is 19.5. The third-order valence-corrected chi connectivity index (χ3v) is 4.37. The summed E-state index contributed by atoms with van der Waals surface area (Å²) < 4.78 is 1.66. The van der Waals surface area contributed by atoms with Gasteiger partial charge in [-0.25, -0.2) is 4.98 Å². The molecule has 24 heavy (non-hydrogen) atoms. The van der Waals surface area contributed by atoms with Crippen LogP contribution < -0.4 is 10.5 Å². The van der Waals surface area contributed by atoms with Gasteiger partial charge in [-0.15, -0.1) is 0 Å². The highest BCUT2D eigenvalue weighted by molar-refractivity contribution is 5.62. The summed E-state index contributed by atoms with van der Waals surface area (Å²) in [5.41, 5.74) is 3.55. The van der Waals surface area contributed by atoms with Crippen molar-refractivity contribution in [2.24, 2.45) is 0 Å². The van der Waals surface area contributed by atoms with Gasteiger partial charge in [-0.05, 0) is 44.4 Å². The second kappa shape index (κ2) is 8.67. The minimum Gasteiger partial charge on any atom is -0.370 e. The summed E-state index contributed by atoms with van der Waals surface area (Å²) in [5, 5.41) is 0. The number of allylic oxidation sites excluding steroid dienone is 2. The predicted octanol–water partition coefficient (Wildman–Crippen LogP) is 4.52. The van der Waals surface area contributed by atoms with E-state index in [1.807, 2.05) is 32.2 Å². The Bertz CT molecular complexity index is 761. The molecule has 130 valence electrons. The Morgan fingerprint density at radius 1 is 1.21 bits per heavy atom. The summed E-state index contributed by atoms with van der Waals surface area (Å²) in [6.45, 7) is 10.4. The molecule has 0 saturated carbocycles. The van der Waals surface area contributed by atoms with Crippen LogP contribution in [0.4, 0.5) is 5.69 Å². The maximum atomic E-state index is 12.5. The van der Waals surface area contributed by atoms with Crippen LogP contribution in [0.2, 0.25) is 0 Å². The fourth-order valence-electron chi connectivity index (χ4n) is 2.82. The van der Waals surface area contributed by atoms with Crippen molar-refractivity contribution in [2.75, 3.05) is 18.0 Å². The molecule has 0 fully saturated rings. The van der Waals surface area contributed by atoms with Crippen LogP contribution in [-0.2, 0) is 0 Å². The number of aromatic nitrogens is 2. The Balaban J connectivity index is 2.38. The first-order chi connectivity index (χ1) is 11.6. The van der Waals surface area contributed by atoms with Crippen molar-refractivity contribution >= 4 is 16.9 Å². The lowest BCUT2D eigenvalue weighted by Crippen LogP contribution is -2.26. The molecule has 2 aromatic heterocycles. The number of fused-ring (bicyclic) bond motifs is 1. The zero-order valence-electron chi connectivity index (χ0n) is 15.4. The molecule has 0 unspecified atom stereocenters. The summed E-state index contributed by atoms with van der Waals surface area (Å²) in [7, 11) is 0. The fraction of sp³-hybridized carbons (Fsp3) is 0.500. The molecule has 4 nitrogen and oxygen atoms in total. The molecule has 0 aliphatic heterocycles. The van der Waals surface area contributed by atoms with Crippen molar-refractivity contribution in [3.8, 4) is 0 Å². The number of hydrogen-bond donors (Lipinski definition) is 0. The Morgan fingerprint density at radius 3 is 2.67 bits per heavy atom. The second-order valence-electron chi connectivity index (χ2n) is 6.26. The average molecular weight is 327 g/mol. The van der Waals surface area contributed by atoms with Crippen LogP contribution in [0.5, 0.6) is 0 Å². The van der Waals surface area contributed by atoms with E-state index in [4.69, 9.17) is 0 Å². The average Bonchev–Trinajstić information content (AvgIpc) is 2.60. The van der Waals surface area contributed by atoms with Gasteiger partial charge in [-0.1, -0.05) is 32.8 Å². The van der Waals surface area contributed by atoms with Crippen LogP contribution >= 0.6 is 0 Å². The van der Waals surface area contributed by atoms with Gasteiger partial charge in [-0.3, -0.25) is 9.20 Å². The van der Waals surface area contributed by atoms with Gasteiger partial charge in [0, 0.05) is 25.4 Å². The van der Waals surface area contributed by atoms with Gasteiger partial charge < -0.3 is 4.90 Å². The number of unbranched alkanes of at least 4 members (excludes halogenated alkanes) is 2. The standard InChI is InChI=1S/C20H29N3O/c1-5-8-9-13-22(12-6-2)17-10-11-19-21-18(16(4)7-3)14-20(24)23(19)15-17/h7,10-11,14-15H,5-6,8-9,12-13H2,1-4H3/b16-7+. The molecule has 2 aromatic rings. The Hall–Kier alpha value is -2.10. The van der Waals surface area contributed by atoms with Crippen molar-refractivity contribution in [1.82, 2.24) is 9.38 Å². The normalized spacial score (nSPS) is 11.9. The van der Waals surface area contributed by atoms with E-state index in [0.29, 0.717) is 5.65 Å². The summed E-state index contributed by atoms with van der Waals surface area (Å²) in [5.74, 6) is 0. The zero-order valence-corrected chi connectivity index (χ0v) is 15.4. The molecular weight excluding hydrogens is 298 g/mol. The molecule has 0 aliphatic rings. The maximum absolute atomic E-state index is 12.5. The summed E-state index contributed by atoms with van der Waals surface area (Å²) in [6, 6.07) is 5.65. The zero-order chi connectivity index (χ0) is 17.5. The maximum Gasteiger partial charge on any atom is 0.258 e. The highest BCUT2D eigenvalue weighted by Gasteiger charge is 2.09. The van der Waals surface area contributed by atoms with Gasteiger partial charge in [0.05, 0.1) is 11.4 Å². The smallest absolute Gasteiger partial charge is 0.258 e. The fourth-order valence-corrected chi connectivity index (χ4v) is 2.82. The van der Waals surface area contributed by atoms with Gasteiger partial charge in [0.1, 0.15) is 5.65 Å². The topological polar surface area (TPSA) is 37.6 Å². The van der Waals surface area contributed by atoms with E-state index < -0.39 is 0 Å². The first-order valence-corrected chi connectivity index (χ1v) is 9.02. The van der Waals surface area contributed by atoms with Crippen LogP contribution in [0.3, 0.4) is 0 Å². The minimum absolute atomic E-state index is 0.0249.